The first kappa shape index (κ1) is 46.9. The number of aryl methyl sites for hydroxylation is 1. The van der Waals surface area contributed by atoms with Crippen molar-refractivity contribution in [3.8, 4) is 28.8 Å². The summed E-state index contributed by atoms with van der Waals surface area (Å²) in [5.74, 6) is -1.50. The summed E-state index contributed by atoms with van der Waals surface area (Å²) in [6, 6.07) is 15.2. The van der Waals surface area contributed by atoms with E-state index >= 15 is 22.0 Å². The molecule has 3 atom stereocenters. The van der Waals surface area contributed by atoms with E-state index in [-0.39, 0.29) is 86.9 Å². The molecule has 2 aromatic heterocycles. The molecule has 2 aliphatic rings. The Hall–Kier alpha value is -6.04. The molecule has 2 fully saturated rings. The second kappa shape index (κ2) is 18.8. The number of hydrogen-bond donors (Lipinski definition) is 0. The molecule has 0 saturated carbocycles. The van der Waals surface area contributed by atoms with E-state index < -0.39 is 64.1 Å². The van der Waals surface area contributed by atoms with Gasteiger partial charge < -0.3 is 33.6 Å². The fourth-order valence-corrected chi connectivity index (χ4v) is 8.28. The first-order valence-electron chi connectivity index (χ1n) is 21.2. The summed E-state index contributed by atoms with van der Waals surface area (Å²) in [7, 11) is 4.79. The molecule has 2 aliphatic heterocycles. The third kappa shape index (κ3) is 10.6. The van der Waals surface area contributed by atoms with Crippen LogP contribution in [0.15, 0.2) is 60.7 Å². The van der Waals surface area contributed by atoms with Crippen LogP contribution in [-0.4, -0.2) is 109 Å². The van der Waals surface area contributed by atoms with Gasteiger partial charge in [-0.05, 0) is 101 Å². The second-order valence-corrected chi connectivity index (χ2v) is 17.6. The number of anilines is 2. The van der Waals surface area contributed by atoms with Crippen molar-refractivity contribution in [3.05, 3.63) is 94.6 Å². The van der Waals surface area contributed by atoms with E-state index in [1.54, 1.807) is 98.0 Å². The van der Waals surface area contributed by atoms with Gasteiger partial charge in [0.15, 0.2) is 5.82 Å². The number of fused-ring (bicyclic) bond motifs is 1. The lowest BCUT2D eigenvalue weighted by molar-refractivity contribution is -0.137. The lowest BCUT2D eigenvalue weighted by Gasteiger charge is -2.41. The van der Waals surface area contributed by atoms with Crippen molar-refractivity contribution in [2.24, 2.45) is 0 Å². The highest BCUT2D eigenvalue weighted by Gasteiger charge is 2.40. The Morgan fingerprint density at radius 2 is 1.49 bits per heavy atom. The van der Waals surface area contributed by atoms with Gasteiger partial charge >= 0.3 is 18.3 Å². The first-order valence-corrected chi connectivity index (χ1v) is 21.2. The number of hydrogen-bond acceptors (Lipinski definition) is 11. The van der Waals surface area contributed by atoms with Gasteiger partial charge in [-0.25, -0.2) is 22.9 Å². The molecule has 0 radical (unpaired) electrons. The number of aromatic nitrogens is 3. The van der Waals surface area contributed by atoms with Crippen molar-refractivity contribution in [3.63, 3.8) is 0 Å². The number of likely N-dealkylation sites (tertiary alicyclic amines) is 1. The molecule has 1 amide bonds. The molecule has 3 aromatic carbocycles. The van der Waals surface area contributed by atoms with Crippen LogP contribution in [0.3, 0.4) is 0 Å². The molecule has 0 spiro atoms. The van der Waals surface area contributed by atoms with Gasteiger partial charge in [-0.3, -0.25) is 4.90 Å². The van der Waals surface area contributed by atoms with Crippen LogP contribution in [0.4, 0.5) is 42.8 Å². The average Bonchev–Trinajstić information content (AvgIpc) is 3.57. The summed E-state index contributed by atoms with van der Waals surface area (Å²) in [6.45, 7) is 9.10. The number of nitrogens with zero attached hydrogens (tertiary/aromatic N) is 7. The molecule has 7 rings (SSSR count). The van der Waals surface area contributed by atoms with Crippen molar-refractivity contribution in [2.45, 2.75) is 84.2 Å². The van der Waals surface area contributed by atoms with Gasteiger partial charge in [0.05, 0.1) is 31.0 Å². The SMILES string of the molecule is COc1ccc(CN(Cc2ccc(OC)cc2)c2cc(C)c(C(F)(F)F)c(-c3c(F)cc4c(N5CCN(C(=O)OC(C)(C)C)C[C@@H]5C)nc(OC[C@@H]5C[C@@H](F)CN5C)nc4c3F)n2)cc1. The van der Waals surface area contributed by atoms with Crippen molar-refractivity contribution in [1.82, 2.24) is 24.8 Å². The lowest BCUT2D eigenvalue weighted by atomic mass is 9.98. The minimum absolute atomic E-state index is 0.0203. The van der Waals surface area contributed by atoms with E-state index in [1.165, 1.54) is 32.1 Å². The van der Waals surface area contributed by atoms with Gasteiger partial charge in [-0.1, -0.05) is 24.3 Å². The van der Waals surface area contributed by atoms with Crippen LogP contribution in [0.25, 0.3) is 22.2 Å². The van der Waals surface area contributed by atoms with Gasteiger partial charge in [-0.15, -0.1) is 0 Å². The minimum atomic E-state index is -5.09. The third-order valence-corrected chi connectivity index (χ3v) is 11.5. The highest BCUT2D eigenvalue weighted by Crippen LogP contribution is 2.44. The van der Waals surface area contributed by atoms with E-state index in [4.69, 9.17) is 18.9 Å². The minimum Gasteiger partial charge on any atom is -0.497 e. The van der Waals surface area contributed by atoms with E-state index in [0.717, 1.165) is 17.2 Å². The number of piperazine rings is 1. The van der Waals surface area contributed by atoms with Gasteiger partial charge in [0.25, 0.3) is 0 Å². The molecule has 0 unspecified atom stereocenters. The Bertz CT molecular complexity index is 2460. The number of halogens is 6. The highest BCUT2D eigenvalue weighted by molar-refractivity contribution is 5.94. The zero-order valence-corrected chi connectivity index (χ0v) is 37.6. The number of amides is 1. The first-order chi connectivity index (χ1) is 30.7. The van der Waals surface area contributed by atoms with Gasteiger partial charge in [0.1, 0.15) is 52.8 Å². The maximum Gasteiger partial charge on any atom is 0.418 e. The molecule has 4 heterocycles. The zero-order chi connectivity index (χ0) is 47.0. The summed E-state index contributed by atoms with van der Waals surface area (Å²) in [4.78, 5) is 33.2. The van der Waals surface area contributed by atoms with Crippen LogP contribution in [-0.2, 0) is 24.0 Å². The fraction of sp³-hybridized carbons (Fsp3) is 0.447. The molecule has 18 heteroatoms. The summed E-state index contributed by atoms with van der Waals surface area (Å²) in [5, 5.41) is -0.141. The lowest BCUT2D eigenvalue weighted by Crippen LogP contribution is -2.55. The predicted molar refractivity (Wildman–Crippen MR) is 234 cm³/mol. The van der Waals surface area contributed by atoms with Gasteiger partial charge in [0.2, 0.25) is 0 Å². The van der Waals surface area contributed by atoms with E-state index in [2.05, 4.69) is 15.0 Å². The van der Waals surface area contributed by atoms with Crippen LogP contribution >= 0.6 is 0 Å². The smallest absolute Gasteiger partial charge is 0.418 e. The largest absolute Gasteiger partial charge is 0.497 e. The van der Waals surface area contributed by atoms with Crippen LogP contribution in [0.5, 0.6) is 17.5 Å². The molecule has 2 saturated heterocycles. The number of alkyl halides is 4. The van der Waals surface area contributed by atoms with Crippen LogP contribution in [0, 0.1) is 18.6 Å². The number of likely N-dealkylation sites (N-methyl/N-ethyl adjacent to an activating group) is 1. The summed E-state index contributed by atoms with van der Waals surface area (Å²) in [5.41, 5.74) is -3.41. The summed E-state index contributed by atoms with van der Waals surface area (Å²) in [6.07, 6.45) is -6.55. The standard InChI is InChI=1S/C47H53F6N7O5/c1-27-19-37(59(23-29-9-13-33(62-7)14-10-29)24-30-11-15-34(63-8)16-12-30)54-42(39(27)47(51,52)53)38-36(49)21-35-41(40(38)50)55-44(64-26-32-20-31(48)25-57(32)6)56-43(35)60-18-17-58(22-28(60)2)45(61)65-46(3,4)5/h9-16,19,21,28,31-32H,17-18,20,22-26H2,1-8H3/t28-,31+,32-/m0/s1. The van der Waals surface area contributed by atoms with Crippen LogP contribution in [0.2, 0.25) is 0 Å². The Kier molecular flexibility index (Phi) is 13.6. The second-order valence-electron chi connectivity index (χ2n) is 17.6. The average molecular weight is 910 g/mol. The fourth-order valence-electron chi connectivity index (χ4n) is 8.28. The maximum atomic E-state index is 17.5. The Morgan fingerprint density at radius 3 is 2.02 bits per heavy atom. The molecule has 12 nitrogen and oxygen atoms in total. The van der Waals surface area contributed by atoms with E-state index in [0.29, 0.717) is 11.5 Å². The van der Waals surface area contributed by atoms with Crippen molar-refractivity contribution >= 4 is 28.6 Å². The number of pyridine rings is 1. The molecular weight excluding hydrogens is 857 g/mol. The van der Waals surface area contributed by atoms with Crippen LogP contribution < -0.4 is 24.0 Å². The zero-order valence-electron chi connectivity index (χ0n) is 37.6. The predicted octanol–water partition coefficient (Wildman–Crippen LogP) is 9.39. The number of rotatable bonds is 12. The number of ether oxygens (including phenoxy) is 4. The summed E-state index contributed by atoms with van der Waals surface area (Å²) < 4.78 is 117. The quantitative estimate of drug-likeness (QED) is 0.112. The number of methoxy groups -OCH3 is 2. The molecule has 0 bridgehead atoms. The molecule has 5 aromatic rings. The van der Waals surface area contributed by atoms with Crippen molar-refractivity contribution in [2.75, 3.05) is 63.9 Å². The Balaban J connectivity index is 1.36. The third-order valence-electron chi connectivity index (χ3n) is 11.5. The van der Waals surface area contributed by atoms with E-state index in [1.807, 2.05) is 0 Å². The van der Waals surface area contributed by atoms with Gasteiger partial charge in [0, 0.05) is 56.7 Å². The molecule has 348 valence electrons. The van der Waals surface area contributed by atoms with E-state index in [9.17, 15) is 9.18 Å². The summed E-state index contributed by atoms with van der Waals surface area (Å²) >= 11 is 0. The molecule has 65 heavy (non-hydrogen) atoms. The molecule has 0 N–H and O–H groups in total. The van der Waals surface area contributed by atoms with Crippen molar-refractivity contribution in [1.29, 1.82) is 0 Å². The number of benzene rings is 3. The maximum absolute atomic E-state index is 17.5. The monoisotopic (exact) mass is 909 g/mol. The topological polar surface area (TPSA) is 106 Å². The highest BCUT2D eigenvalue weighted by atomic mass is 19.4. The normalized spacial score (nSPS) is 18.3. The Labute approximate surface area is 374 Å². The van der Waals surface area contributed by atoms with Crippen LogP contribution in [0.1, 0.15) is 56.4 Å². The van der Waals surface area contributed by atoms with Crippen molar-refractivity contribution < 1.29 is 50.1 Å². The Morgan fingerprint density at radius 1 is 0.877 bits per heavy atom. The van der Waals surface area contributed by atoms with Gasteiger partial charge in [-0.2, -0.15) is 23.1 Å². The molecule has 0 aliphatic carbocycles. The molecular formula is C47H53F6N7O5. The number of carbonyl (C=O) groups excluding carboxylic acids is 1. The number of carbonyl (C=O) groups is 1.